The molecule has 0 radical (unpaired) electrons. The highest BCUT2D eigenvalue weighted by atomic mass is 15.1. The van der Waals surface area contributed by atoms with Crippen LogP contribution in [0.15, 0.2) is 121 Å². The van der Waals surface area contributed by atoms with Crippen LogP contribution in [-0.2, 0) is 14.1 Å². The van der Waals surface area contributed by atoms with E-state index in [1.54, 1.807) is 0 Å². The Bertz CT molecular complexity index is 2090. The summed E-state index contributed by atoms with van der Waals surface area (Å²) >= 11 is 0. The van der Waals surface area contributed by atoms with Gasteiger partial charge in [-0.15, -0.1) is 0 Å². The number of aryl methyl sites for hydroxylation is 2. The molecule has 4 nitrogen and oxygen atoms in total. The lowest BCUT2D eigenvalue weighted by atomic mass is 9.86. The third-order valence-electron chi connectivity index (χ3n) is 8.16. The average molecular weight is 515 g/mol. The van der Waals surface area contributed by atoms with Crippen LogP contribution in [-0.4, -0.2) is 19.1 Å². The van der Waals surface area contributed by atoms with Gasteiger partial charge in [0, 0.05) is 36.3 Å². The minimum absolute atomic E-state index is 0.950. The molecule has 6 aromatic carbocycles. The fourth-order valence-corrected chi connectivity index (χ4v) is 6.23. The van der Waals surface area contributed by atoms with Crippen LogP contribution in [0, 0.1) is 0 Å². The lowest BCUT2D eigenvalue weighted by Gasteiger charge is -2.19. The van der Waals surface area contributed by atoms with Gasteiger partial charge in [-0.25, -0.2) is 9.97 Å². The normalized spacial score (nSPS) is 11.8. The van der Waals surface area contributed by atoms with E-state index in [2.05, 4.69) is 145 Å². The van der Waals surface area contributed by atoms with E-state index >= 15 is 0 Å². The van der Waals surface area contributed by atoms with E-state index in [0.29, 0.717) is 0 Å². The van der Waals surface area contributed by atoms with Crippen LogP contribution < -0.4 is 0 Å². The fraction of sp³-hybridized carbons (Fsp3) is 0.0556. The maximum absolute atomic E-state index is 5.15. The van der Waals surface area contributed by atoms with Crippen molar-refractivity contribution in [2.75, 3.05) is 0 Å². The van der Waals surface area contributed by atoms with Crippen LogP contribution in [0.4, 0.5) is 0 Å². The zero-order valence-corrected chi connectivity index (χ0v) is 22.3. The molecule has 0 saturated heterocycles. The number of imidazole rings is 2. The molecule has 0 unspecified atom stereocenters. The van der Waals surface area contributed by atoms with Crippen molar-refractivity contribution in [1.82, 2.24) is 19.1 Å². The maximum Gasteiger partial charge on any atom is 0.141 e. The first-order valence-corrected chi connectivity index (χ1v) is 13.6. The number of rotatable bonds is 3. The summed E-state index contributed by atoms with van der Waals surface area (Å²) in [4.78, 5) is 10.3. The van der Waals surface area contributed by atoms with Gasteiger partial charge in [0.05, 0.1) is 22.1 Å². The van der Waals surface area contributed by atoms with Crippen molar-refractivity contribution in [2.45, 2.75) is 0 Å². The Hall–Kier alpha value is -5.22. The monoisotopic (exact) mass is 514 g/mol. The molecule has 0 amide bonds. The predicted molar refractivity (Wildman–Crippen MR) is 166 cm³/mol. The van der Waals surface area contributed by atoms with Crippen molar-refractivity contribution in [1.29, 1.82) is 0 Å². The Morgan fingerprint density at radius 3 is 1.27 bits per heavy atom. The van der Waals surface area contributed by atoms with Crippen molar-refractivity contribution >= 4 is 43.6 Å². The van der Waals surface area contributed by atoms with Gasteiger partial charge < -0.3 is 9.13 Å². The van der Waals surface area contributed by atoms with E-state index in [9.17, 15) is 0 Å². The van der Waals surface area contributed by atoms with Crippen LogP contribution in [0.3, 0.4) is 0 Å². The largest absolute Gasteiger partial charge is 0.327 e. The Morgan fingerprint density at radius 2 is 0.825 bits per heavy atom. The maximum atomic E-state index is 5.15. The first kappa shape index (κ1) is 22.7. The second kappa shape index (κ2) is 8.65. The average Bonchev–Trinajstić information content (AvgIpc) is 3.52. The molecular weight excluding hydrogens is 488 g/mol. The summed E-state index contributed by atoms with van der Waals surface area (Å²) in [6.45, 7) is 0. The highest BCUT2D eigenvalue weighted by Gasteiger charge is 2.23. The Labute approximate surface area is 231 Å². The van der Waals surface area contributed by atoms with Crippen molar-refractivity contribution in [2.24, 2.45) is 14.1 Å². The smallest absolute Gasteiger partial charge is 0.141 e. The first-order valence-electron chi connectivity index (χ1n) is 13.6. The summed E-state index contributed by atoms with van der Waals surface area (Å²) in [7, 11) is 4.22. The minimum atomic E-state index is 0.950. The van der Waals surface area contributed by atoms with Crippen LogP contribution in [0.5, 0.6) is 0 Å². The van der Waals surface area contributed by atoms with E-state index in [1.807, 2.05) is 0 Å². The Balaban J connectivity index is 1.56. The number of hydrogen-bond acceptors (Lipinski definition) is 2. The highest BCUT2D eigenvalue weighted by Crippen LogP contribution is 2.46. The topological polar surface area (TPSA) is 35.6 Å². The quantitative estimate of drug-likeness (QED) is 0.236. The highest BCUT2D eigenvalue weighted by molar-refractivity contribution is 6.14. The zero-order valence-electron chi connectivity index (χ0n) is 22.3. The summed E-state index contributed by atoms with van der Waals surface area (Å²) in [5, 5.41) is 4.79. The molecule has 0 spiro atoms. The van der Waals surface area contributed by atoms with E-state index in [0.717, 1.165) is 44.8 Å². The first-order chi connectivity index (χ1) is 19.7. The third kappa shape index (κ3) is 3.26. The summed E-state index contributed by atoms with van der Waals surface area (Å²) in [6, 6.07) is 42.9. The number of fused-ring (bicyclic) bond motifs is 4. The summed E-state index contributed by atoms with van der Waals surface area (Å²) in [6.07, 6.45) is 0. The van der Waals surface area contributed by atoms with Gasteiger partial charge >= 0.3 is 0 Å². The molecule has 2 aromatic heterocycles. The SMILES string of the molecule is Cn1c(-c2ccc3ccccc3c2-c2c(-c3nc4ccccc4n3C)ccc3ccccc23)nc2ccccc21. The number of hydrogen-bond donors (Lipinski definition) is 0. The standard InChI is InChI=1S/C36H26N4/c1-39-31-17-9-7-15-29(31)37-35(39)27-21-19-23-11-3-5-13-25(23)33(27)34-26-14-6-4-12-24(26)20-22-28(34)36-38-30-16-8-10-18-32(30)40(36)2/h3-22H,1-2H3. The second-order valence-corrected chi connectivity index (χ2v) is 10.4. The number of para-hydroxylation sites is 4. The van der Waals surface area contributed by atoms with Gasteiger partial charge in [-0.05, 0) is 57.9 Å². The molecule has 8 aromatic rings. The lowest BCUT2D eigenvalue weighted by molar-refractivity contribution is 0.958. The van der Waals surface area contributed by atoms with Crippen LogP contribution in [0.1, 0.15) is 0 Å². The molecule has 2 heterocycles. The molecule has 0 N–H and O–H groups in total. The van der Waals surface area contributed by atoms with Gasteiger partial charge in [-0.2, -0.15) is 0 Å². The Morgan fingerprint density at radius 1 is 0.425 bits per heavy atom. The van der Waals surface area contributed by atoms with E-state index in [4.69, 9.17) is 9.97 Å². The second-order valence-electron chi connectivity index (χ2n) is 10.4. The zero-order chi connectivity index (χ0) is 26.8. The summed E-state index contributed by atoms with van der Waals surface area (Å²) in [5.41, 5.74) is 8.78. The van der Waals surface area contributed by atoms with Crippen molar-refractivity contribution in [3.8, 4) is 33.9 Å². The molecule has 0 aliphatic carbocycles. The molecular formula is C36H26N4. The van der Waals surface area contributed by atoms with Crippen molar-refractivity contribution < 1.29 is 0 Å². The number of nitrogens with zero attached hydrogens (tertiary/aromatic N) is 4. The van der Waals surface area contributed by atoms with Crippen LogP contribution in [0.2, 0.25) is 0 Å². The molecule has 8 rings (SSSR count). The number of benzene rings is 6. The van der Waals surface area contributed by atoms with Gasteiger partial charge in [0.25, 0.3) is 0 Å². The molecule has 0 aliphatic rings. The predicted octanol–water partition coefficient (Wildman–Crippen LogP) is 8.77. The van der Waals surface area contributed by atoms with Crippen molar-refractivity contribution in [3.63, 3.8) is 0 Å². The molecule has 190 valence electrons. The van der Waals surface area contributed by atoms with Crippen LogP contribution >= 0.6 is 0 Å². The van der Waals surface area contributed by atoms with Crippen molar-refractivity contribution in [3.05, 3.63) is 121 Å². The molecule has 0 atom stereocenters. The van der Waals surface area contributed by atoms with Gasteiger partial charge in [0.1, 0.15) is 11.6 Å². The Kier molecular flexibility index (Phi) is 4.92. The third-order valence-corrected chi connectivity index (χ3v) is 8.16. The molecule has 0 aliphatic heterocycles. The minimum Gasteiger partial charge on any atom is -0.327 e. The van der Waals surface area contributed by atoms with E-state index in [-0.39, 0.29) is 0 Å². The molecule has 4 heteroatoms. The lowest BCUT2D eigenvalue weighted by Crippen LogP contribution is -1.99. The van der Waals surface area contributed by atoms with Gasteiger partial charge in [-0.3, -0.25) is 0 Å². The number of aromatic nitrogens is 4. The van der Waals surface area contributed by atoms with Gasteiger partial charge in [-0.1, -0.05) is 84.9 Å². The van der Waals surface area contributed by atoms with E-state index in [1.165, 1.54) is 32.7 Å². The van der Waals surface area contributed by atoms with Crippen LogP contribution in [0.25, 0.3) is 77.5 Å². The molecule has 0 bridgehead atoms. The molecule has 0 fully saturated rings. The summed E-state index contributed by atoms with van der Waals surface area (Å²) < 4.78 is 4.42. The van der Waals surface area contributed by atoms with E-state index < -0.39 is 0 Å². The fourth-order valence-electron chi connectivity index (χ4n) is 6.23. The van der Waals surface area contributed by atoms with Gasteiger partial charge in [0.2, 0.25) is 0 Å². The molecule has 40 heavy (non-hydrogen) atoms. The molecule has 0 saturated carbocycles. The summed E-state index contributed by atoms with van der Waals surface area (Å²) in [5.74, 6) is 1.90. The van der Waals surface area contributed by atoms with Gasteiger partial charge in [0.15, 0.2) is 0 Å².